The number of benzene rings is 1. The summed E-state index contributed by atoms with van der Waals surface area (Å²) in [5, 5.41) is 2.60. The van der Waals surface area contributed by atoms with Gasteiger partial charge < -0.3 is 19.4 Å². The number of ether oxygens (including phenoxy) is 1. The normalized spacial score (nSPS) is 17.1. The first-order valence-corrected chi connectivity index (χ1v) is 8.31. The predicted molar refractivity (Wildman–Crippen MR) is 93.4 cm³/mol. The Labute approximate surface area is 146 Å². The zero-order valence-corrected chi connectivity index (χ0v) is 14.6. The Hall–Kier alpha value is -2.76. The van der Waals surface area contributed by atoms with E-state index in [9.17, 15) is 9.59 Å². The molecule has 3 rings (SSSR count). The summed E-state index contributed by atoms with van der Waals surface area (Å²) < 4.78 is 10.0. The second-order valence-electron chi connectivity index (χ2n) is 6.30. The molecule has 0 radical (unpaired) electrons. The van der Waals surface area contributed by atoms with Crippen molar-refractivity contribution in [2.24, 2.45) is 0 Å². The van der Waals surface area contributed by atoms with E-state index in [-0.39, 0.29) is 5.76 Å². The third-order valence-electron chi connectivity index (χ3n) is 4.54. The molecule has 0 aliphatic carbocycles. The fraction of sp³-hybridized carbons (Fsp3) is 0.368. The fourth-order valence-electron chi connectivity index (χ4n) is 3.21. The van der Waals surface area contributed by atoms with Gasteiger partial charge in [-0.25, -0.2) is 4.79 Å². The molecule has 6 heteroatoms. The molecule has 1 amide bonds. The maximum absolute atomic E-state index is 12.4. The highest BCUT2D eigenvalue weighted by Crippen LogP contribution is 2.33. The molecular formula is C19H22N2O4. The zero-order chi connectivity index (χ0) is 18.0. The summed E-state index contributed by atoms with van der Waals surface area (Å²) in [4.78, 5) is 26.2. The first-order valence-electron chi connectivity index (χ1n) is 8.31. The van der Waals surface area contributed by atoms with Crippen LogP contribution in [0.2, 0.25) is 0 Å². The topological polar surface area (TPSA) is 71.8 Å². The quantitative estimate of drug-likeness (QED) is 0.846. The monoisotopic (exact) mass is 342 g/mol. The molecule has 25 heavy (non-hydrogen) atoms. The van der Waals surface area contributed by atoms with Crippen LogP contribution in [0.5, 0.6) is 0 Å². The smallest absolute Gasteiger partial charge is 0.328 e. The van der Waals surface area contributed by atoms with Crippen molar-refractivity contribution in [1.29, 1.82) is 0 Å². The lowest BCUT2D eigenvalue weighted by Gasteiger charge is -2.24. The Balaban J connectivity index is 1.76. The van der Waals surface area contributed by atoms with Crippen molar-refractivity contribution >= 4 is 17.6 Å². The van der Waals surface area contributed by atoms with E-state index >= 15 is 0 Å². The third-order valence-corrected chi connectivity index (χ3v) is 4.54. The summed E-state index contributed by atoms with van der Waals surface area (Å²) in [6.07, 6.45) is 2.48. The molecule has 1 aromatic carbocycles. The van der Waals surface area contributed by atoms with Gasteiger partial charge in [0, 0.05) is 23.8 Å². The number of carbonyl (C=O) groups is 2. The molecule has 1 aromatic heterocycles. The first-order chi connectivity index (χ1) is 12.0. The molecule has 0 saturated carbocycles. The number of rotatable bonds is 5. The summed E-state index contributed by atoms with van der Waals surface area (Å²) >= 11 is 0. The van der Waals surface area contributed by atoms with Crippen molar-refractivity contribution in [1.82, 2.24) is 5.32 Å². The summed E-state index contributed by atoms with van der Waals surface area (Å²) in [6.45, 7) is 4.31. The number of methoxy groups -OCH3 is 1. The number of hydrogen-bond donors (Lipinski definition) is 1. The van der Waals surface area contributed by atoms with Crippen LogP contribution in [0.3, 0.4) is 0 Å². The number of nitrogens with one attached hydrogen (secondary N) is 1. The van der Waals surface area contributed by atoms with Crippen LogP contribution < -0.4 is 10.2 Å². The summed E-state index contributed by atoms with van der Waals surface area (Å²) in [5.74, 6) is -0.686. The number of anilines is 1. The van der Waals surface area contributed by atoms with E-state index in [2.05, 4.69) is 34.0 Å². The molecule has 6 nitrogen and oxygen atoms in total. The largest absolute Gasteiger partial charge is 0.467 e. The lowest BCUT2D eigenvalue weighted by molar-refractivity contribution is -0.142. The molecular weight excluding hydrogens is 320 g/mol. The second kappa shape index (κ2) is 7.01. The lowest BCUT2D eigenvalue weighted by Crippen LogP contribution is -2.39. The standard InChI is InChI=1S/C19H22N2O4/c1-12-10-14-6-4-5-7-16(14)21(12)11-15-8-9-25-17(15)18(22)20-13(2)19(23)24-3/h4-9,12-13H,10-11H2,1-3H3,(H,20,22)/t12-,13-/m0/s1. The average molecular weight is 342 g/mol. The van der Waals surface area contributed by atoms with Crippen molar-refractivity contribution in [3.05, 3.63) is 53.5 Å². The van der Waals surface area contributed by atoms with Gasteiger partial charge in [0.2, 0.25) is 0 Å². The van der Waals surface area contributed by atoms with Gasteiger partial charge in [-0.1, -0.05) is 18.2 Å². The molecule has 1 aliphatic heterocycles. The summed E-state index contributed by atoms with van der Waals surface area (Å²) in [5.41, 5.74) is 3.28. The number of carbonyl (C=O) groups excluding carboxylic acids is 2. The number of hydrogen-bond acceptors (Lipinski definition) is 5. The Bertz CT molecular complexity index is 783. The van der Waals surface area contributed by atoms with Gasteiger partial charge in [-0.2, -0.15) is 0 Å². The number of amides is 1. The van der Waals surface area contributed by atoms with Crippen molar-refractivity contribution in [2.75, 3.05) is 12.0 Å². The second-order valence-corrected chi connectivity index (χ2v) is 6.30. The van der Waals surface area contributed by atoms with E-state index in [4.69, 9.17) is 4.42 Å². The number of nitrogens with zero attached hydrogens (tertiary/aromatic N) is 1. The van der Waals surface area contributed by atoms with Gasteiger partial charge in [-0.3, -0.25) is 4.79 Å². The minimum absolute atomic E-state index is 0.229. The van der Waals surface area contributed by atoms with Gasteiger partial charge in [-0.15, -0.1) is 0 Å². The van der Waals surface area contributed by atoms with Crippen molar-refractivity contribution in [3.63, 3.8) is 0 Å². The van der Waals surface area contributed by atoms with Gasteiger partial charge >= 0.3 is 5.97 Å². The van der Waals surface area contributed by atoms with Crippen LogP contribution in [0, 0.1) is 0 Å². The van der Waals surface area contributed by atoms with Gasteiger partial charge in [-0.05, 0) is 38.0 Å². The number of fused-ring (bicyclic) bond motifs is 1. The molecule has 0 spiro atoms. The SMILES string of the molecule is COC(=O)[C@H](C)NC(=O)c1occc1CN1c2ccccc2C[C@@H]1C. The van der Waals surface area contributed by atoms with Crippen molar-refractivity contribution < 1.29 is 18.7 Å². The molecule has 2 heterocycles. The fourth-order valence-corrected chi connectivity index (χ4v) is 3.21. The first kappa shape index (κ1) is 17.1. The van der Waals surface area contributed by atoms with E-state index in [1.165, 1.54) is 24.6 Å². The van der Waals surface area contributed by atoms with E-state index in [0.29, 0.717) is 12.6 Å². The molecule has 0 fully saturated rings. The Morgan fingerprint density at radius 2 is 2.12 bits per heavy atom. The molecule has 0 bridgehead atoms. The van der Waals surface area contributed by atoms with Gasteiger partial charge in [0.15, 0.2) is 5.76 Å². The molecule has 0 unspecified atom stereocenters. The summed E-state index contributed by atoms with van der Waals surface area (Å²) in [7, 11) is 1.29. The lowest BCUT2D eigenvalue weighted by atomic mass is 10.1. The van der Waals surface area contributed by atoms with Gasteiger partial charge in [0.25, 0.3) is 5.91 Å². The highest BCUT2D eigenvalue weighted by Gasteiger charge is 2.28. The van der Waals surface area contributed by atoms with Crippen LogP contribution in [0.25, 0.3) is 0 Å². The van der Waals surface area contributed by atoms with Crippen LogP contribution in [0.1, 0.15) is 35.5 Å². The van der Waals surface area contributed by atoms with Crippen LogP contribution in [0.15, 0.2) is 41.0 Å². The zero-order valence-electron chi connectivity index (χ0n) is 14.6. The molecule has 132 valence electrons. The maximum Gasteiger partial charge on any atom is 0.328 e. The van der Waals surface area contributed by atoms with Crippen LogP contribution >= 0.6 is 0 Å². The molecule has 2 atom stereocenters. The highest BCUT2D eigenvalue weighted by atomic mass is 16.5. The number of furan rings is 1. The Morgan fingerprint density at radius 1 is 1.36 bits per heavy atom. The van der Waals surface area contributed by atoms with Gasteiger partial charge in [0.1, 0.15) is 6.04 Å². The Kier molecular flexibility index (Phi) is 4.79. The molecule has 1 N–H and O–H groups in total. The van der Waals surface area contributed by atoms with Crippen LogP contribution in [-0.2, 0) is 22.5 Å². The maximum atomic E-state index is 12.4. The molecule has 1 aliphatic rings. The van der Waals surface area contributed by atoms with Gasteiger partial charge in [0.05, 0.1) is 13.4 Å². The predicted octanol–water partition coefficient (Wildman–Crippen LogP) is 2.52. The van der Waals surface area contributed by atoms with E-state index in [1.54, 1.807) is 13.0 Å². The Morgan fingerprint density at radius 3 is 2.88 bits per heavy atom. The van der Waals surface area contributed by atoms with E-state index in [0.717, 1.165) is 12.0 Å². The highest BCUT2D eigenvalue weighted by molar-refractivity contribution is 5.95. The molecule has 2 aromatic rings. The minimum atomic E-state index is -0.734. The average Bonchev–Trinajstić information content (AvgIpc) is 3.19. The van der Waals surface area contributed by atoms with E-state index in [1.807, 2.05) is 12.1 Å². The van der Waals surface area contributed by atoms with E-state index < -0.39 is 17.9 Å². The van der Waals surface area contributed by atoms with Crippen LogP contribution in [-0.4, -0.2) is 31.1 Å². The minimum Gasteiger partial charge on any atom is -0.467 e. The number of para-hydroxylation sites is 1. The van der Waals surface area contributed by atoms with Crippen LogP contribution in [0.4, 0.5) is 5.69 Å². The molecule has 0 saturated heterocycles. The number of esters is 1. The van der Waals surface area contributed by atoms with Crippen molar-refractivity contribution in [2.45, 2.75) is 38.9 Å². The summed E-state index contributed by atoms with van der Waals surface area (Å²) in [6, 6.07) is 9.69. The van der Waals surface area contributed by atoms with Crippen molar-refractivity contribution in [3.8, 4) is 0 Å². The third kappa shape index (κ3) is 3.38.